The van der Waals surface area contributed by atoms with Gasteiger partial charge in [0.1, 0.15) is 5.75 Å². The Balaban J connectivity index is 1.36. The van der Waals surface area contributed by atoms with E-state index in [4.69, 9.17) is 0 Å². The molecule has 2 aromatic rings. The van der Waals surface area contributed by atoms with Crippen molar-refractivity contribution in [1.29, 1.82) is 0 Å². The van der Waals surface area contributed by atoms with Crippen molar-refractivity contribution in [3.63, 3.8) is 0 Å². The van der Waals surface area contributed by atoms with Crippen LogP contribution in [0.15, 0.2) is 53.4 Å². The van der Waals surface area contributed by atoms with Crippen LogP contribution in [0.4, 0.5) is 11.4 Å². The van der Waals surface area contributed by atoms with Crippen LogP contribution in [0.25, 0.3) is 0 Å². The topological polar surface area (TPSA) is 93.2 Å². The molecule has 2 aromatic carbocycles. The van der Waals surface area contributed by atoms with Crippen molar-refractivity contribution >= 4 is 27.3 Å². The molecule has 0 bridgehead atoms. The van der Waals surface area contributed by atoms with E-state index in [-0.39, 0.29) is 28.8 Å². The number of sulfonamides is 1. The number of hydrogen-bond acceptors (Lipinski definition) is 6. The van der Waals surface area contributed by atoms with Crippen molar-refractivity contribution in [3.05, 3.63) is 48.5 Å². The van der Waals surface area contributed by atoms with Crippen molar-refractivity contribution in [3.8, 4) is 5.75 Å². The Morgan fingerprint density at radius 2 is 1.59 bits per heavy atom. The Kier molecular flexibility index (Phi) is 6.98. The van der Waals surface area contributed by atoms with Gasteiger partial charge in [-0.1, -0.05) is 24.6 Å². The molecule has 2 fully saturated rings. The Morgan fingerprint density at radius 1 is 0.906 bits per heavy atom. The molecule has 9 heteroatoms. The second-order valence-electron chi connectivity index (χ2n) is 8.29. The summed E-state index contributed by atoms with van der Waals surface area (Å²) in [6, 6.07) is 14.2. The van der Waals surface area contributed by atoms with Crippen LogP contribution in [0.3, 0.4) is 0 Å². The zero-order valence-electron chi connectivity index (χ0n) is 18.1. The fourth-order valence-corrected chi connectivity index (χ4v) is 5.77. The monoisotopic (exact) mass is 458 g/mol. The molecule has 2 heterocycles. The number of anilines is 2. The number of benzene rings is 2. The van der Waals surface area contributed by atoms with Gasteiger partial charge in [0.2, 0.25) is 15.9 Å². The average molecular weight is 459 g/mol. The largest absolute Gasteiger partial charge is 0.506 e. The van der Waals surface area contributed by atoms with Gasteiger partial charge in [-0.05, 0) is 43.2 Å². The lowest BCUT2D eigenvalue weighted by atomic mass is 10.2. The number of piperidine rings is 1. The van der Waals surface area contributed by atoms with Gasteiger partial charge in [-0.2, -0.15) is 4.31 Å². The highest BCUT2D eigenvalue weighted by atomic mass is 32.2. The molecule has 2 saturated heterocycles. The summed E-state index contributed by atoms with van der Waals surface area (Å²) >= 11 is 0. The summed E-state index contributed by atoms with van der Waals surface area (Å²) in [7, 11) is -3.64. The van der Waals surface area contributed by atoms with Crippen LogP contribution in [0.5, 0.6) is 5.75 Å². The third-order valence-electron chi connectivity index (χ3n) is 6.06. The summed E-state index contributed by atoms with van der Waals surface area (Å²) in [5.74, 6) is -0.425. The van der Waals surface area contributed by atoms with Gasteiger partial charge in [0.15, 0.2) is 0 Å². The molecular formula is C23H30N4O4S. The quantitative estimate of drug-likeness (QED) is 0.646. The summed E-state index contributed by atoms with van der Waals surface area (Å²) in [4.78, 5) is 17.0. The summed E-state index contributed by atoms with van der Waals surface area (Å²) in [6.45, 7) is 4.33. The van der Waals surface area contributed by atoms with Crippen LogP contribution >= 0.6 is 0 Å². The van der Waals surface area contributed by atoms with Gasteiger partial charge < -0.3 is 15.3 Å². The number of aromatic hydroxyl groups is 1. The fraction of sp³-hybridized carbons (Fsp3) is 0.435. The highest BCUT2D eigenvalue weighted by molar-refractivity contribution is 7.89. The minimum absolute atomic E-state index is 0.0870. The first-order chi connectivity index (χ1) is 15.4. The number of para-hydroxylation sites is 1. The standard InChI is InChI=1S/C23H30N4O4S/c28-22-10-9-20(32(30,31)27-11-5-2-6-12-27)17-21(22)24-23(29)18-25-13-15-26(16-14-25)19-7-3-1-4-8-19/h1,3-4,7-10,17,28H,2,5-6,11-16,18H2,(H,24,29). The van der Waals surface area contributed by atoms with E-state index < -0.39 is 10.0 Å². The number of rotatable bonds is 6. The van der Waals surface area contributed by atoms with Crippen LogP contribution in [-0.4, -0.2) is 74.4 Å². The minimum atomic E-state index is -3.64. The second kappa shape index (κ2) is 9.89. The van der Waals surface area contributed by atoms with Crippen molar-refractivity contribution < 1.29 is 18.3 Å². The van der Waals surface area contributed by atoms with E-state index in [0.29, 0.717) is 13.1 Å². The van der Waals surface area contributed by atoms with E-state index in [1.807, 2.05) is 18.2 Å². The smallest absolute Gasteiger partial charge is 0.243 e. The number of phenols is 1. The molecule has 2 N–H and O–H groups in total. The predicted octanol–water partition coefficient (Wildman–Crippen LogP) is 2.33. The van der Waals surface area contributed by atoms with E-state index in [2.05, 4.69) is 27.2 Å². The van der Waals surface area contributed by atoms with Crippen molar-refractivity contribution in [1.82, 2.24) is 9.21 Å². The number of carbonyl (C=O) groups is 1. The van der Waals surface area contributed by atoms with E-state index in [0.717, 1.165) is 45.4 Å². The molecule has 172 valence electrons. The van der Waals surface area contributed by atoms with E-state index >= 15 is 0 Å². The maximum Gasteiger partial charge on any atom is 0.243 e. The van der Waals surface area contributed by atoms with Gasteiger partial charge in [-0.25, -0.2) is 8.42 Å². The van der Waals surface area contributed by atoms with Crippen LogP contribution in [0.2, 0.25) is 0 Å². The van der Waals surface area contributed by atoms with Crippen LogP contribution < -0.4 is 10.2 Å². The highest BCUT2D eigenvalue weighted by Gasteiger charge is 2.27. The second-order valence-corrected chi connectivity index (χ2v) is 10.2. The first kappa shape index (κ1) is 22.6. The zero-order valence-corrected chi connectivity index (χ0v) is 18.9. The number of carbonyl (C=O) groups excluding carboxylic acids is 1. The molecule has 0 saturated carbocycles. The number of amides is 1. The lowest BCUT2D eigenvalue weighted by Crippen LogP contribution is -2.48. The number of nitrogens with one attached hydrogen (secondary N) is 1. The van der Waals surface area contributed by atoms with Gasteiger partial charge in [0.05, 0.1) is 17.1 Å². The summed E-state index contributed by atoms with van der Waals surface area (Å²) in [5.41, 5.74) is 1.30. The molecule has 8 nitrogen and oxygen atoms in total. The number of piperazine rings is 1. The first-order valence-corrected chi connectivity index (χ1v) is 12.5. The maximum absolute atomic E-state index is 12.9. The SMILES string of the molecule is O=C(CN1CCN(c2ccccc2)CC1)Nc1cc(S(=O)(=O)N2CCCCC2)ccc1O. The van der Waals surface area contributed by atoms with Crippen molar-refractivity contribution in [2.24, 2.45) is 0 Å². The molecule has 0 unspecified atom stereocenters. The Labute approximate surface area is 189 Å². The highest BCUT2D eigenvalue weighted by Crippen LogP contribution is 2.29. The first-order valence-electron chi connectivity index (χ1n) is 11.1. The van der Waals surface area contributed by atoms with Gasteiger partial charge >= 0.3 is 0 Å². The molecule has 2 aliphatic rings. The third kappa shape index (κ3) is 5.23. The average Bonchev–Trinajstić information content (AvgIpc) is 2.82. The van der Waals surface area contributed by atoms with E-state index in [1.165, 1.54) is 28.2 Å². The van der Waals surface area contributed by atoms with Gasteiger partial charge in [-0.15, -0.1) is 0 Å². The molecule has 0 atom stereocenters. The number of phenolic OH excluding ortho intramolecular Hbond substituents is 1. The van der Waals surface area contributed by atoms with Gasteiger partial charge in [0, 0.05) is 45.0 Å². The van der Waals surface area contributed by atoms with Crippen molar-refractivity contribution in [2.45, 2.75) is 24.2 Å². The van der Waals surface area contributed by atoms with Gasteiger partial charge in [-0.3, -0.25) is 9.69 Å². The molecule has 0 aliphatic carbocycles. The van der Waals surface area contributed by atoms with Crippen LogP contribution in [-0.2, 0) is 14.8 Å². The molecule has 4 rings (SSSR count). The minimum Gasteiger partial charge on any atom is -0.506 e. The molecule has 1 amide bonds. The molecule has 0 aromatic heterocycles. The zero-order chi connectivity index (χ0) is 22.6. The van der Waals surface area contributed by atoms with E-state index in [1.54, 1.807) is 0 Å². The predicted molar refractivity (Wildman–Crippen MR) is 124 cm³/mol. The summed E-state index contributed by atoms with van der Waals surface area (Å²) in [6.07, 6.45) is 2.72. The van der Waals surface area contributed by atoms with Crippen LogP contribution in [0, 0.1) is 0 Å². The summed E-state index contributed by atoms with van der Waals surface area (Å²) < 4.78 is 27.3. The fourth-order valence-electron chi connectivity index (χ4n) is 4.23. The maximum atomic E-state index is 12.9. The van der Waals surface area contributed by atoms with Gasteiger partial charge in [0.25, 0.3) is 0 Å². The molecule has 32 heavy (non-hydrogen) atoms. The lowest BCUT2D eigenvalue weighted by molar-refractivity contribution is -0.117. The Hall–Kier alpha value is -2.62. The van der Waals surface area contributed by atoms with E-state index in [9.17, 15) is 18.3 Å². The van der Waals surface area contributed by atoms with Crippen molar-refractivity contribution in [2.75, 3.05) is 56.0 Å². The third-order valence-corrected chi connectivity index (χ3v) is 7.95. The number of nitrogens with zero attached hydrogens (tertiary/aromatic N) is 3. The molecule has 0 spiro atoms. The molecule has 2 aliphatic heterocycles. The summed E-state index contributed by atoms with van der Waals surface area (Å²) in [5, 5.41) is 12.9. The molecular weight excluding hydrogens is 428 g/mol. The van der Waals surface area contributed by atoms with Crippen LogP contribution in [0.1, 0.15) is 19.3 Å². The Bertz CT molecular complexity index is 1030. The Morgan fingerprint density at radius 3 is 2.28 bits per heavy atom. The normalized spacial score (nSPS) is 18.4. The number of hydrogen-bond donors (Lipinski definition) is 2. The molecule has 0 radical (unpaired) electrons. The lowest BCUT2D eigenvalue weighted by Gasteiger charge is -2.35.